The van der Waals surface area contributed by atoms with E-state index in [2.05, 4.69) is 20.3 Å². The molecule has 1 heterocycles. The van der Waals surface area contributed by atoms with Crippen molar-refractivity contribution in [3.8, 4) is 0 Å². The maximum absolute atomic E-state index is 12.0. The number of halogens is 1. The van der Waals surface area contributed by atoms with Crippen LogP contribution in [0.4, 0.5) is 11.9 Å². The van der Waals surface area contributed by atoms with Crippen LogP contribution in [0.2, 0.25) is 5.02 Å². The molecular formula is C13H15ClN6OS. The standard InChI is InChI=1S/C13H15ClN6OS/c1-7(8-4-2-3-5-9(8)14)17-10(21)6-22-13-19-11(15)18-12(16)20-13/h2-5,7H,6H2,1H3,(H,17,21)(H4,15,16,18,19,20)/t7-/m1/s1. The van der Waals surface area contributed by atoms with Crippen molar-refractivity contribution < 1.29 is 4.79 Å². The van der Waals surface area contributed by atoms with Gasteiger partial charge in [-0.05, 0) is 18.6 Å². The third-order valence-corrected chi connectivity index (χ3v) is 3.92. The third kappa shape index (κ3) is 4.47. The van der Waals surface area contributed by atoms with Gasteiger partial charge in [0.15, 0.2) is 5.16 Å². The van der Waals surface area contributed by atoms with Crippen LogP contribution in [-0.4, -0.2) is 26.6 Å². The molecule has 1 atom stereocenters. The predicted molar refractivity (Wildman–Crippen MR) is 87.4 cm³/mol. The molecule has 0 fully saturated rings. The molecule has 9 heteroatoms. The molecule has 1 aromatic carbocycles. The molecule has 5 N–H and O–H groups in total. The molecule has 0 saturated carbocycles. The van der Waals surface area contributed by atoms with Gasteiger partial charge in [0.05, 0.1) is 11.8 Å². The molecule has 1 aromatic heterocycles. The van der Waals surface area contributed by atoms with Gasteiger partial charge in [0.2, 0.25) is 17.8 Å². The van der Waals surface area contributed by atoms with Crippen LogP contribution >= 0.6 is 23.4 Å². The lowest BCUT2D eigenvalue weighted by Gasteiger charge is -2.15. The van der Waals surface area contributed by atoms with E-state index in [1.54, 1.807) is 6.07 Å². The third-order valence-electron chi connectivity index (χ3n) is 2.73. The lowest BCUT2D eigenvalue weighted by molar-refractivity contribution is -0.119. The highest BCUT2D eigenvalue weighted by Gasteiger charge is 2.13. The normalized spacial score (nSPS) is 11.9. The predicted octanol–water partition coefficient (Wildman–Crippen LogP) is 1.66. The lowest BCUT2D eigenvalue weighted by atomic mass is 10.1. The molecule has 2 aromatic rings. The van der Waals surface area contributed by atoms with Crippen LogP contribution in [-0.2, 0) is 4.79 Å². The van der Waals surface area contributed by atoms with E-state index in [0.717, 1.165) is 17.3 Å². The number of thioether (sulfide) groups is 1. The average molecular weight is 339 g/mol. The molecule has 0 unspecified atom stereocenters. The van der Waals surface area contributed by atoms with Crippen LogP contribution in [0, 0.1) is 0 Å². The van der Waals surface area contributed by atoms with Crippen molar-refractivity contribution in [2.45, 2.75) is 18.1 Å². The van der Waals surface area contributed by atoms with E-state index in [0.29, 0.717) is 10.2 Å². The fraction of sp³-hybridized carbons (Fsp3) is 0.231. The zero-order valence-corrected chi connectivity index (χ0v) is 13.4. The Morgan fingerprint density at radius 2 is 1.91 bits per heavy atom. The topological polar surface area (TPSA) is 120 Å². The molecule has 0 saturated heterocycles. The monoisotopic (exact) mass is 338 g/mol. The summed E-state index contributed by atoms with van der Waals surface area (Å²) in [5.74, 6) is 0.0205. The Morgan fingerprint density at radius 3 is 2.55 bits per heavy atom. The number of hydrogen-bond donors (Lipinski definition) is 3. The van der Waals surface area contributed by atoms with Crippen molar-refractivity contribution in [1.29, 1.82) is 0 Å². The summed E-state index contributed by atoms with van der Waals surface area (Å²) in [6, 6.07) is 7.16. The Morgan fingerprint density at radius 1 is 1.27 bits per heavy atom. The molecule has 0 aliphatic heterocycles. The van der Waals surface area contributed by atoms with Crippen molar-refractivity contribution in [2.24, 2.45) is 0 Å². The number of rotatable bonds is 5. The number of carbonyl (C=O) groups is 1. The van der Waals surface area contributed by atoms with E-state index in [1.807, 2.05) is 25.1 Å². The van der Waals surface area contributed by atoms with Crippen LogP contribution in [0.5, 0.6) is 0 Å². The van der Waals surface area contributed by atoms with E-state index in [1.165, 1.54) is 0 Å². The molecule has 0 aliphatic carbocycles. The lowest BCUT2D eigenvalue weighted by Crippen LogP contribution is -2.28. The first kappa shape index (κ1) is 16.3. The number of amides is 1. The van der Waals surface area contributed by atoms with Gasteiger partial charge in [-0.3, -0.25) is 4.79 Å². The second-order valence-electron chi connectivity index (χ2n) is 4.43. The quantitative estimate of drug-likeness (QED) is 0.709. The Balaban J connectivity index is 1.91. The summed E-state index contributed by atoms with van der Waals surface area (Å²) in [5, 5.41) is 3.78. The van der Waals surface area contributed by atoms with Crippen molar-refractivity contribution in [2.75, 3.05) is 17.2 Å². The molecule has 7 nitrogen and oxygen atoms in total. The molecule has 22 heavy (non-hydrogen) atoms. The van der Waals surface area contributed by atoms with E-state index in [4.69, 9.17) is 23.1 Å². The Kier molecular flexibility index (Phi) is 5.40. The van der Waals surface area contributed by atoms with Crippen LogP contribution in [0.15, 0.2) is 29.4 Å². The maximum atomic E-state index is 12.0. The van der Waals surface area contributed by atoms with Gasteiger partial charge in [0, 0.05) is 5.02 Å². The fourth-order valence-corrected chi connectivity index (χ4v) is 2.73. The summed E-state index contributed by atoms with van der Waals surface area (Å²) < 4.78 is 0. The first-order valence-electron chi connectivity index (χ1n) is 6.39. The number of nitrogens with one attached hydrogen (secondary N) is 1. The second-order valence-corrected chi connectivity index (χ2v) is 5.78. The number of nitrogens with two attached hydrogens (primary N) is 2. The largest absolute Gasteiger partial charge is 0.368 e. The maximum Gasteiger partial charge on any atom is 0.230 e. The Bertz CT molecular complexity index is 663. The van der Waals surface area contributed by atoms with Gasteiger partial charge in [-0.1, -0.05) is 41.6 Å². The van der Waals surface area contributed by atoms with E-state index < -0.39 is 0 Å². The van der Waals surface area contributed by atoms with Crippen molar-refractivity contribution in [1.82, 2.24) is 20.3 Å². The average Bonchev–Trinajstić information content (AvgIpc) is 2.44. The molecule has 0 spiro atoms. The fourth-order valence-electron chi connectivity index (χ4n) is 1.77. The van der Waals surface area contributed by atoms with Crippen molar-refractivity contribution in [3.63, 3.8) is 0 Å². The van der Waals surface area contributed by atoms with Gasteiger partial charge in [-0.15, -0.1) is 0 Å². The number of carbonyl (C=O) groups excluding carboxylic acids is 1. The molecular weight excluding hydrogens is 324 g/mol. The number of aromatic nitrogens is 3. The van der Waals surface area contributed by atoms with Crippen molar-refractivity contribution in [3.05, 3.63) is 34.9 Å². The Hall–Kier alpha value is -2.06. The highest BCUT2D eigenvalue weighted by atomic mass is 35.5. The van der Waals surface area contributed by atoms with Crippen LogP contribution < -0.4 is 16.8 Å². The summed E-state index contributed by atoms with van der Waals surface area (Å²) in [5.41, 5.74) is 11.8. The van der Waals surface area contributed by atoms with Gasteiger partial charge < -0.3 is 16.8 Å². The first-order valence-corrected chi connectivity index (χ1v) is 7.75. The van der Waals surface area contributed by atoms with E-state index >= 15 is 0 Å². The minimum atomic E-state index is -0.199. The first-order chi connectivity index (χ1) is 10.5. The number of benzene rings is 1. The molecule has 2 rings (SSSR count). The zero-order valence-electron chi connectivity index (χ0n) is 11.8. The van der Waals surface area contributed by atoms with E-state index in [9.17, 15) is 4.79 Å². The zero-order chi connectivity index (χ0) is 16.1. The minimum absolute atomic E-state index is 0.0276. The highest BCUT2D eigenvalue weighted by Crippen LogP contribution is 2.22. The van der Waals surface area contributed by atoms with E-state index in [-0.39, 0.29) is 29.6 Å². The van der Waals surface area contributed by atoms with Gasteiger partial charge in [-0.2, -0.15) is 15.0 Å². The molecule has 1 amide bonds. The van der Waals surface area contributed by atoms with Crippen molar-refractivity contribution >= 4 is 41.2 Å². The van der Waals surface area contributed by atoms with Crippen LogP contribution in [0.1, 0.15) is 18.5 Å². The molecule has 0 aliphatic rings. The number of nitrogen functional groups attached to an aromatic ring is 2. The van der Waals surface area contributed by atoms with Gasteiger partial charge >= 0.3 is 0 Å². The second kappa shape index (κ2) is 7.28. The molecule has 0 bridgehead atoms. The number of nitrogens with zero attached hydrogens (tertiary/aromatic N) is 3. The van der Waals surface area contributed by atoms with Gasteiger partial charge in [0.25, 0.3) is 0 Å². The Labute approximate surface area is 136 Å². The summed E-state index contributed by atoms with van der Waals surface area (Å²) in [6.45, 7) is 1.86. The summed E-state index contributed by atoms with van der Waals surface area (Å²) in [7, 11) is 0. The van der Waals surface area contributed by atoms with Gasteiger partial charge in [0.1, 0.15) is 0 Å². The summed E-state index contributed by atoms with van der Waals surface area (Å²) in [6.07, 6.45) is 0. The van der Waals surface area contributed by atoms with Crippen LogP contribution in [0.25, 0.3) is 0 Å². The molecule has 0 radical (unpaired) electrons. The SMILES string of the molecule is C[C@@H](NC(=O)CSc1nc(N)nc(N)n1)c1ccccc1Cl. The molecule has 116 valence electrons. The summed E-state index contributed by atoms with van der Waals surface area (Å²) >= 11 is 7.23. The minimum Gasteiger partial charge on any atom is -0.368 e. The van der Waals surface area contributed by atoms with Gasteiger partial charge in [-0.25, -0.2) is 0 Å². The summed E-state index contributed by atoms with van der Waals surface area (Å²) in [4.78, 5) is 23.4. The van der Waals surface area contributed by atoms with Crippen LogP contribution in [0.3, 0.4) is 0 Å². The number of anilines is 2. The number of hydrogen-bond acceptors (Lipinski definition) is 7. The highest BCUT2D eigenvalue weighted by molar-refractivity contribution is 7.99. The smallest absolute Gasteiger partial charge is 0.230 e.